The highest BCUT2D eigenvalue weighted by Crippen LogP contribution is 2.26. The summed E-state index contributed by atoms with van der Waals surface area (Å²) in [6.45, 7) is -0.711. The van der Waals surface area contributed by atoms with Crippen molar-refractivity contribution in [1.82, 2.24) is 10.9 Å². The van der Waals surface area contributed by atoms with Gasteiger partial charge in [-0.3, -0.25) is 25.2 Å². The highest BCUT2D eigenvalue weighted by atomic mass is 35.5. The Morgan fingerprint density at radius 1 is 0.900 bits per heavy atom. The van der Waals surface area contributed by atoms with Crippen molar-refractivity contribution in [1.29, 1.82) is 0 Å². The van der Waals surface area contributed by atoms with Crippen LogP contribution < -0.4 is 10.9 Å². The number of nitrogens with one attached hydrogen (secondary N) is 2. The fourth-order valence-electron chi connectivity index (χ4n) is 2.10. The molecular formula is C18H15Cl3N2O6S. The Morgan fingerprint density at radius 3 is 2.20 bits per heavy atom. The number of sulfone groups is 1. The molecule has 0 radical (unpaired) electrons. The van der Waals surface area contributed by atoms with Gasteiger partial charge in [-0.2, -0.15) is 0 Å². The van der Waals surface area contributed by atoms with Crippen LogP contribution in [0.2, 0.25) is 15.1 Å². The molecule has 0 aliphatic rings. The van der Waals surface area contributed by atoms with Gasteiger partial charge in [0.1, 0.15) is 0 Å². The van der Waals surface area contributed by atoms with Gasteiger partial charge in [-0.1, -0.05) is 34.8 Å². The SMILES string of the molecule is O=C(COC(=O)CCS(=O)(=O)c1cc(Cl)ccc1Cl)NNC(=O)c1ccc(Cl)cc1. The number of hydrazine groups is 1. The number of rotatable bonds is 7. The quantitative estimate of drug-likeness (QED) is 0.452. The summed E-state index contributed by atoms with van der Waals surface area (Å²) in [5.41, 5.74) is 4.45. The Bertz CT molecular complexity index is 1060. The molecule has 0 heterocycles. The highest BCUT2D eigenvalue weighted by Gasteiger charge is 2.21. The van der Waals surface area contributed by atoms with E-state index in [9.17, 15) is 22.8 Å². The summed E-state index contributed by atoms with van der Waals surface area (Å²) in [6.07, 6.45) is -0.504. The molecule has 2 amide bonds. The molecular weight excluding hydrogens is 479 g/mol. The first-order valence-corrected chi connectivity index (χ1v) is 11.1. The van der Waals surface area contributed by atoms with Gasteiger partial charge >= 0.3 is 5.97 Å². The lowest BCUT2D eigenvalue weighted by Gasteiger charge is -2.09. The molecule has 0 aliphatic carbocycles. The van der Waals surface area contributed by atoms with Gasteiger partial charge in [0, 0.05) is 15.6 Å². The van der Waals surface area contributed by atoms with E-state index in [2.05, 4.69) is 10.9 Å². The molecule has 2 N–H and O–H groups in total. The van der Waals surface area contributed by atoms with Gasteiger partial charge in [-0.15, -0.1) is 0 Å². The largest absolute Gasteiger partial charge is 0.455 e. The fraction of sp³-hybridized carbons (Fsp3) is 0.167. The number of carbonyl (C=O) groups is 3. The molecule has 0 spiro atoms. The van der Waals surface area contributed by atoms with Crippen LogP contribution in [0.5, 0.6) is 0 Å². The topological polar surface area (TPSA) is 119 Å². The van der Waals surface area contributed by atoms with E-state index in [0.29, 0.717) is 5.02 Å². The molecule has 0 saturated carbocycles. The maximum atomic E-state index is 12.3. The summed E-state index contributed by atoms with van der Waals surface area (Å²) < 4.78 is 29.3. The van der Waals surface area contributed by atoms with Crippen LogP contribution in [0.25, 0.3) is 0 Å². The first-order valence-electron chi connectivity index (χ1n) is 8.26. The molecule has 0 aliphatic heterocycles. The molecule has 0 saturated heterocycles. The van der Waals surface area contributed by atoms with Gasteiger partial charge in [0.25, 0.3) is 11.8 Å². The average Bonchev–Trinajstić information content (AvgIpc) is 2.71. The van der Waals surface area contributed by atoms with E-state index in [0.717, 1.165) is 0 Å². The maximum absolute atomic E-state index is 12.3. The Labute approximate surface area is 187 Å². The average molecular weight is 494 g/mol. The minimum atomic E-state index is -3.89. The number of hydrogen-bond donors (Lipinski definition) is 2. The number of hydrogen-bond acceptors (Lipinski definition) is 6. The molecule has 0 bridgehead atoms. The summed E-state index contributed by atoms with van der Waals surface area (Å²) in [6, 6.07) is 9.86. The van der Waals surface area contributed by atoms with Crippen LogP contribution in [0.3, 0.4) is 0 Å². The van der Waals surface area contributed by atoms with Crippen molar-refractivity contribution in [3.8, 4) is 0 Å². The molecule has 160 valence electrons. The molecule has 30 heavy (non-hydrogen) atoms. The van der Waals surface area contributed by atoms with Gasteiger partial charge in [0.05, 0.1) is 22.1 Å². The first-order chi connectivity index (χ1) is 14.1. The zero-order valence-electron chi connectivity index (χ0n) is 15.2. The second-order valence-corrected chi connectivity index (χ2v) is 9.17. The first kappa shape index (κ1) is 23.9. The minimum Gasteiger partial charge on any atom is -0.455 e. The van der Waals surface area contributed by atoms with Crippen molar-refractivity contribution in [2.24, 2.45) is 0 Å². The summed E-state index contributed by atoms with van der Waals surface area (Å²) in [5.74, 6) is -2.92. The molecule has 8 nitrogen and oxygen atoms in total. The van der Waals surface area contributed by atoms with Gasteiger partial charge in [-0.05, 0) is 42.5 Å². The van der Waals surface area contributed by atoms with Crippen molar-refractivity contribution in [3.05, 3.63) is 63.1 Å². The van der Waals surface area contributed by atoms with E-state index >= 15 is 0 Å². The lowest BCUT2D eigenvalue weighted by atomic mass is 10.2. The summed E-state index contributed by atoms with van der Waals surface area (Å²) in [5, 5.41) is 0.601. The molecule has 2 aromatic carbocycles. The fourth-order valence-corrected chi connectivity index (χ4v) is 4.26. The van der Waals surface area contributed by atoms with Gasteiger partial charge in [0.15, 0.2) is 16.4 Å². The summed E-state index contributed by atoms with van der Waals surface area (Å²) in [4.78, 5) is 35.0. The second-order valence-electron chi connectivity index (χ2n) is 5.81. The number of benzene rings is 2. The normalized spacial score (nSPS) is 10.9. The Morgan fingerprint density at radius 2 is 1.53 bits per heavy atom. The molecule has 2 rings (SSSR count). The van der Waals surface area contributed by atoms with Crippen molar-refractivity contribution in [3.63, 3.8) is 0 Å². The summed E-state index contributed by atoms with van der Waals surface area (Å²) in [7, 11) is -3.89. The third-order valence-electron chi connectivity index (χ3n) is 3.59. The highest BCUT2D eigenvalue weighted by molar-refractivity contribution is 7.91. The van der Waals surface area contributed by atoms with Gasteiger partial charge < -0.3 is 4.74 Å². The number of carbonyl (C=O) groups excluding carboxylic acids is 3. The van der Waals surface area contributed by atoms with Crippen LogP contribution >= 0.6 is 34.8 Å². The summed E-state index contributed by atoms with van der Waals surface area (Å²) >= 11 is 17.4. The van der Waals surface area contributed by atoms with Crippen LogP contribution in [0.15, 0.2) is 47.4 Å². The maximum Gasteiger partial charge on any atom is 0.307 e. The van der Waals surface area contributed by atoms with Crippen LogP contribution in [0.4, 0.5) is 0 Å². The standard InChI is InChI=1S/C18H15Cl3N2O6S/c19-12-3-1-11(2-4-12)18(26)23-22-16(24)10-29-17(25)7-8-30(27,28)15-9-13(20)5-6-14(15)21/h1-6,9H,7-8,10H2,(H,22,24)(H,23,26). The Hall–Kier alpha value is -2.33. The molecule has 2 aromatic rings. The van der Waals surface area contributed by atoms with Gasteiger partial charge in [-0.25, -0.2) is 8.42 Å². The van der Waals surface area contributed by atoms with E-state index in [4.69, 9.17) is 39.5 Å². The number of amides is 2. The monoisotopic (exact) mass is 492 g/mol. The minimum absolute atomic E-state index is 0.0245. The second kappa shape index (κ2) is 10.6. The smallest absolute Gasteiger partial charge is 0.307 e. The van der Waals surface area contributed by atoms with Crippen molar-refractivity contribution in [2.75, 3.05) is 12.4 Å². The molecule has 0 unspecified atom stereocenters. The van der Waals surface area contributed by atoms with E-state index in [1.165, 1.54) is 42.5 Å². The predicted octanol–water partition coefficient (Wildman–Crippen LogP) is 2.82. The number of ether oxygens (including phenoxy) is 1. The third kappa shape index (κ3) is 7.17. The van der Waals surface area contributed by atoms with Crippen LogP contribution in [-0.2, 0) is 24.2 Å². The van der Waals surface area contributed by atoms with E-state index in [1.54, 1.807) is 0 Å². The van der Waals surface area contributed by atoms with Crippen LogP contribution in [0.1, 0.15) is 16.8 Å². The van der Waals surface area contributed by atoms with Gasteiger partial charge in [0.2, 0.25) is 0 Å². The van der Waals surface area contributed by atoms with E-state index in [1.807, 2.05) is 0 Å². The van der Waals surface area contributed by atoms with E-state index < -0.39 is 46.4 Å². The van der Waals surface area contributed by atoms with Crippen molar-refractivity contribution >= 4 is 62.4 Å². The van der Waals surface area contributed by atoms with Crippen LogP contribution in [0, 0.1) is 0 Å². The third-order valence-corrected chi connectivity index (χ3v) is 6.27. The lowest BCUT2D eigenvalue weighted by Crippen LogP contribution is -2.43. The predicted molar refractivity (Wildman–Crippen MR) is 111 cm³/mol. The van der Waals surface area contributed by atoms with Crippen molar-refractivity contribution < 1.29 is 27.5 Å². The van der Waals surface area contributed by atoms with E-state index in [-0.39, 0.29) is 20.5 Å². The number of halogens is 3. The Kier molecular flexibility index (Phi) is 8.48. The molecule has 0 atom stereocenters. The Balaban J connectivity index is 1.77. The molecule has 0 aromatic heterocycles. The lowest BCUT2D eigenvalue weighted by molar-refractivity contribution is -0.148. The van der Waals surface area contributed by atoms with Crippen LogP contribution in [-0.4, -0.2) is 38.6 Å². The van der Waals surface area contributed by atoms with Crippen molar-refractivity contribution in [2.45, 2.75) is 11.3 Å². The molecule has 0 fully saturated rings. The molecule has 12 heteroatoms. The number of esters is 1. The zero-order valence-corrected chi connectivity index (χ0v) is 18.2. The zero-order chi connectivity index (χ0) is 22.3.